The molecule has 2 N–H and O–H groups in total. The van der Waals surface area contributed by atoms with Crippen LogP contribution in [0.15, 0.2) is 18.2 Å². The number of halogens is 2. The number of carboxylic acid groups (broad SMARTS) is 1. The molecule has 0 saturated heterocycles. The van der Waals surface area contributed by atoms with Gasteiger partial charge in [-0.1, -0.05) is 23.7 Å². The molecule has 6 nitrogen and oxygen atoms in total. The van der Waals surface area contributed by atoms with Crippen LogP contribution >= 0.6 is 11.6 Å². The van der Waals surface area contributed by atoms with Crippen LogP contribution in [0.2, 0.25) is 5.02 Å². The van der Waals surface area contributed by atoms with Gasteiger partial charge >= 0.3 is 5.97 Å². The van der Waals surface area contributed by atoms with E-state index >= 15 is 0 Å². The lowest BCUT2D eigenvalue weighted by atomic mass is 10.2. The number of carboxylic acids is 1. The van der Waals surface area contributed by atoms with Crippen LogP contribution in [0.3, 0.4) is 0 Å². The lowest BCUT2D eigenvalue weighted by Crippen LogP contribution is -2.44. The van der Waals surface area contributed by atoms with Gasteiger partial charge in [-0.3, -0.25) is 4.79 Å². The summed E-state index contributed by atoms with van der Waals surface area (Å²) in [6.07, 6.45) is 0. The molecule has 9 heteroatoms. The number of carbonyl (C=O) groups is 2. The summed E-state index contributed by atoms with van der Waals surface area (Å²) in [5.74, 6) is -4.33. The summed E-state index contributed by atoms with van der Waals surface area (Å²) in [5.41, 5.74) is 0.0311. The van der Waals surface area contributed by atoms with Crippen molar-refractivity contribution in [2.45, 2.75) is 18.7 Å². The Morgan fingerprint density at radius 2 is 2.05 bits per heavy atom. The topological polar surface area (TPSA) is 101 Å². The lowest BCUT2D eigenvalue weighted by Gasteiger charge is -2.14. The van der Waals surface area contributed by atoms with Gasteiger partial charge < -0.3 is 10.4 Å². The van der Waals surface area contributed by atoms with Crippen LogP contribution in [-0.2, 0) is 25.2 Å². The van der Waals surface area contributed by atoms with Gasteiger partial charge in [0.25, 0.3) is 0 Å². The molecule has 1 amide bonds. The highest BCUT2D eigenvalue weighted by Crippen LogP contribution is 2.22. The Bertz CT molecular complexity index is 662. The maximum atomic E-state index is 13.2. The van der Waals surface area contributed by atoms with E-state index in [4.69, 9.17) is 16.7 Å². The maximum Gasteiger partial charge on any atom is 0.327 e. The Morgan fingerprint density at radius 3 is 2.57 bits per heavy atom. The van der Waals surface area contributed by atoms with Crippen LogP contribution in [0.5, 0.6) is 0 Å². The summed E-state index contributed by atoms with van der Waals surface area (Å²) in [4.78, 5) is 21.8. The minimum absolute atomic E-state index is 0.0311. The molecular formula is C12H13ClFNO5S. The van der Waals surface area contributed by atoms with Crippen molar-refractivity contribution in [1.29, 1.82) is 0 Å². The third kappa shape index (κ3) is 5.31. The van der Waals surface area contributed by atoms with Crippen molar-refractivity contribution in [3.05, 3.63) is 34.6 Å². The largest absolute Gasteiger partial charge is 0.480 e. The molecule has 0 heterocycles. The smallest absolute Gasteiger partial charge is 0.327 e. The Hall–Kier alpha value is -1.67. The Labute approximate surface area is 125 Å². The van der Waals surface area contributed by atoms with Crippen molar-refractivity contribution >= 4 is 33.3 Å². The zero-order valence-electron chi connectivity index (χ0n) is 11.0. The van der Waals surface area contributed by atoms with E-state index < -0.39 is 45.1 Å². The molecule has 0 aliphatic rings. The van der Waals surface area contributed by atoms with Crippen LogP contribution in [0, 0.1) is 5.82 Å². The number of amides is 1. The molecule has 0 radical (unpaired) electrons. The van der Waals surface area contributed by atoms with Crippen LogP contribution < -0.4 is 5.32 Å². The molecule has 1 atom stereocenters. The highest BCUT2D eigenvalue weighted by molar-refractivity contribution is 7.90. The molecule has 116 valence electrons. The molecule has 1 unspecified atom stereocenters. The fourth-order valence-electron chi connectivity index (χ4n) is 1.63. The molecule has 0 fully saturated rings. The van der Waals surface area contributed by atoms with E-state index in [9.17, 15) is 22.4 Å². The van der Waals surface area contributed by atoms with Crippen molar-refractivity contribution in [3.8, 4) is 0 Å². The molecule has 1 rings (SSSR count). The normalized spacial score (nSPS) is 12.7. The fraction of sp³-hybridized carbons (Fsp3) is 0.333. The summed E-state index contributed by atoms with van der Waals surface area (Å²) in [6.45, 7) is 1.08. The summed E-state index contributed by atoms with van der Waals surface area (Å²) < 4.78 is 37.2. The molecule has 0 aliphatic carbocycles. The molecular weight excluding hydrogens is 325 g/mol. The molecule has 1 aromatic carbocycles. The van der Waals surface area contributed by atoms with E-state index in [2.05, 4.69) is 0 Å². The summed E-state index contributed by atoms with van der Waals surface area (Å²) in [7, 11) is -3.91. The third-order valence-corrected chi connectivity index (χ3v) is 4.52. The minimum Gasteiger partial charge on any atom is -0.480 e. The highest BCUT2D eigenvalue weighted by atomic mass is 35.5. The van der Waals surface area contributed by atoms with Gasteiger partial charge in [-0.2, -0.15) is 0 Å². The van der Waals surface area contributed by atoms with E-state index in [1.54, 1.807) is 0 Å². The standard InChI is InChI=1S/C12H13ClFNO5S/c1-7(16)15-10(12(17)18)6-21(19,20)5-8-3-2-4-9(14)11(8)13/h2-4,10H,5-6H2,1H3,(H,15,16)(H,17,18). The lowest BCUT2D eigenvalue weighted by molar-refractivity contribution is -0.140. The number of sulfone groups is 1. The number of carbonyl (C=O) groups excluding carboxylic acids is 1. The first kappa shape index (κ1) is 17.4. The number of aliphatic carboxylic acids is 1. The summed E-state index contributed by atoms with van der Waals surface area (Å²) in [5, 5.41) is 10.6. The van der Waals surface area contributed by atoms with Gasteiger partial charge in [-0.25, -0.2) is 17.6 Å². The van der Waals surface area contributed by atoms with Gasteiger partial charge in [0, 0.05) is 6.92 Å². The second-order valence-corrected chi connectivity index (χ2v) is 6.85. The summed E-state index contributed by atoms with van der Waals surface area (Å²) >= 11 is 5.66. The van der Waals surface area contributed by atoms with E-state index in [1.807, 2.05) is 5.32 Å². The van der Waals surface area contributed by atoms with Gasteiger partial charge in [0.1, 0.15) is 11.9 Å². The average molecular weight is 338 g/mol. The first-order chi connectivity index (χ1) is 9.62. The zero-order valence-corrected chi connectivity index (χ0v) is 12.5. The van der Waals surface area contributed by atoms with Crippen LogP contribution in [-0.4, -0.2) is 37.2 Å². The van der Waals surface area contributed by atoms with Crippen molar-refractivity contribution in [2.75, 3.05) is 5.75 Å². The Morgan fingerprint density at radius 1 is 1.43 bits per heavy atom. The highest BCUT2D eigenvalue weighted by Gasteiger charge is 2.27. The van der Waals surface area contributed by atoms with Crippen molar-refractivity contribution in [3.63, 3.8) is 0 Å². The molecule has 0 aromatic heterocycles. The van der Waals surface area contributed by atoms with Gasteiger partial charge in [0.05, 0.1) is 16.5 Å². The molecule has 0 aliphatic heterocycles. The van der Waals surface area contributed by atoms with E-state index in [0.717, 1.165) is 13.0 Å². The van der Waals surface area contributed by atoms with Gasteiger partial charge in [-0.05, 0) is 11.6 Å². The zero-order chi connectivity index (χ0) is 16.2. The van der Waals surface area contributed by atoms with Gasteiger partial charge in [0.15, 0.2) is 9.84 Å². The molecule has 0 bridgehead atoms. The summed E-state index contributed by atoms with van der Waals surface area (Å²) in [6, 6.07) is 2.14. The fourth-order valence-corrected chi connectivity index (χ4v) is 3.47. The monoisotopic (exact) mass is 337 g/mol. The number of hydrogen-bond donors (Lipinski definition) is 2. The predicted molar refractivity (Wildman–Crippen MR) is 74.1 cm³/mol. The number of rotatable bonds is 6. The minimum atomic E-state index is -3.91. The van der Waals surface area contributed by atoms with Crippen LogP contribution in [0.25, 0.3) is 0 Å². The van der Waals surface area contributed by atoms with Crippen molar-refractivity contribution in [1.82, 2.24) is 5.32 Å². The van der Waals surface area contributed by atoms with E-state index in [1.165, 1.54) is 12.1 Å². The molecule has 0 spiro atoms. The number of benzene rings is 1. The first-order valence-corrected chi connectivity index (χ1v) is 7.95. The predicted octanol–water partition coefficient (Wildman–Crippen LogP) is 0.983. The first-order valence-electron chi connectivity index (χ1n) is 5.75. The molecule has 1 aromatic rings. The quantitative estimate of drug-likeness (QED) is 0.806. The SMILES string of the molecule is CC(=O)NC(CS(=O)(=O)Cc1cccc(F)c1Cl)C(=O)O. The van der Waals surface area contributed by atoms with Crippen LogP contribution in [0.4, 0.5) is 4.39 Å². The molecule has 21 heavy (non-hydrogen) atoms. The number of nitrogens with one attached hydrogen (secondary N) is 1. The van der Waals surface area contributed by atoms with Crippen molar-refractivity contribution in [2.24, 2.45) is 0 Å². The van der Waals surface area contributed by atoms with Crippen molar-refractivity contribution < 1.29 is 27.5 Å². The van der Waals surface area contributed by atoms with Gasteiger partial charge in [-0.15, -0.1) is 0 Å². The Kier molecular flexibility index (Phi) is 5.68. The van der Waals surface area contributed by atoms with Crippen LogP contribution in [0.1, 0.15) is 12.5 Å². The van der Waals surface area contributed by atoms with E-state index in [-0.39, 0.29) is 10.6 Å². The molecule has 0 saturated carbocycles. The van der Waals surface area contributed by atoms with E-state index in [0.29, 0.717) is 0 Å². The van der Waals surface area contributed by atoms with Gasteiger partial charge in [0.2, 0.25) is 5.91 Å². The third-order valence-electron chi connectivity index (χ3n) is 2.50. The average Bonchev–Trinajstić information content (AvgIpc) is 2.33. The maximum absolute atomic E-state index is 13.2. The second-order valence-electron chi connectivity index (χ2n) is 4.36. The second kappa shape index (κ2) is 6.86. The Balaban J connectivity index is 2.93. The number of hydrogen-bond acceptors (Lipinski definition) is 4.